The van der Waals surface area contributed by atoms with Gasteiger partial charge < -0.3 is 20.1 Å². The Balaban J connectivity index is 3.74. The molecule has 0 aromatic heterocycles. The number of nitrogens with one attached hydrogen (secondary N) is 2. The van der Waals surface area contributed by atoms with Gasteiger partial charge in [-0.3, -0.25) is 4.99 Å². The van der Waals surface area contributed by atoms with Crippen LogP contribution in [-0.4, -0.2) is 85.1 Å². The number of ether oxygens (including phenoxy) is 2. The Morgan fingerprint density at radius 3 is 2.30 bits per heavy atom. The average Bonchev–Trinajstić information content (AvgIpc) is 2.50. The Labute approximate surface area is 140 Å². The molecule has 0 aliphatic carbocycles. The van der Waals surface area contributed by atoms with Crippen molar-refractivity contribution < 1.29 is 17.9 Å². The van der Waals surface area contributed by atoms with E-state index in [1.165, 1.54) is 10.6 Å². The van der Waals surface area contributed by atoms with Crippen LogP contribution in [0, 0.1) is 0 Å². The third kappa shape index (κ3) is 12.2. The predicted octanol–water partition coefficient (Wildman–Crippen LogP) is -0.124. The number of sulfonamides is 1. The molecule has 8 nitrogen and oxygen atoms in total. The molecule has 0 unspecified atom stereocenters. The fourth-order valence-corrected chi connectivity index (χ4v) is 2.80. The Morgan fingerprint density at radius 2 is 1.78 bits per heavy atom. The fraction of sp³-hybridized carbons (Fsp3) is 0.929. The topological polar surface area (TPSA) is 92.3 Å². The van der Waals surface area contributed by atoms with Crippen molar-refractivity contribution >= 4 is 16.0 Å². The third-order valence-corrected chi connectivity index (χ3v) is 4.49. The molecule has 0 radical (unpaired) electrons. The van der Waals surface area contributed by atoms with E-state index in [9.17, 15) is 8.42 Å². The highest BCUT2D eigenvalue weighted by molar-refractivity contribution is 7.88. The maximum absolute atomic E-state index is 11.5. The summed E-state index contributed by atoms with van der Waals surface area (Å²) >= 11 is 0. The molecular formula is C14H32N4O4S. The largest absolute Gasteiger partial charge is 0.382 e. The molecule has 0 aliphatic rings. The van der Waals surface area contributed by atoms with Crippen LogP contribution in [0.4, 0.5) is 0 Å². The first-order valence-electron chi connectivity index (χ1n) is 7.92. The third-order valence-electron chi connectivity index (χ3n) is 3.11. The molecule has 2 N–H and O–H groups in total. The molecule has 0 spiro atoms. The molecule has 138 valence electrons. The normalized spacial score (nSPS) is 12.7. The number of hydrogen-bond acceptors (Lipinski definition) is 5. The van der Waals surface area contributed by atoms with Gasteiger partial charge in [-0.2, -0.15) is 0 Å². The summed E-state index contributed by atoms with van der Waals surface area (Å²) in [5.41, 5.74) is 0. The van der Waals surface area contributed by atoms with Crippen LogP contribution >= 0.6 is 0 Å². The van der Waals surface area contributed by atoms with Gasteiger partial charge in [0.2, 0.25) is 10.0 Å². The van der Waals surface area contributed by atoms with E-state index in [0.29, 0.717) is 45.4 Å². The van der Waals surface area contributed by atoms with Gasteiger partial charge in [-0.25, -0.2) is 12.7 Å². The lowest BCUT2D eigenvalue weighted by molar-refractivity contribution is 0.0698. The molecule has 0 heterocycles. The van der Waals surface area contributed by atoms with Gasteiger partial charge in [0, 0.05) is 46.9 Å². The highest BCUT2D eigenvalue weighted by Crippen LogP contribution is 1.98. The summed E-state index contributed by atoms with van der Waals surface area (Å²) in [6.45, 7) is 6.15. The van der Waals surface area contributed by atoms with E-state index in [1.807, 2.05) is 6.92 Å². The second kappa shape index (κ2) is 13.5. The smallest absolute Gasteiger partial charge is 0.211 e. The van der Waals surface area contributed by atoms with Gasteiger partial charge in [-0.1, -0.05) is 6.92 Å². The standard InChI is InChI=1S/C14H32N4O4S/c1-5-18(23(4,19)20)10-6-8-16-14(15-2)17-9-7-11-22-13-12-21-3/h5-13H2,1-4H3,(H2,15,16,17). The summed E-state index contributed by atoms with van der Waals surface area (Å²) < 4.78 is 34.7. The van der Waals surface area contributed by atoms with Gasteiger partial charge in [0.15, 0.2) is 5.96 Å². The summed E-state index contributed by atoms with van der Waals surface area (Å²) in [7, 11) is 0.245. The Kier molecular flexibility index (Phi) is 13.0. The van der Waals surface area contributed by atoms with Crippen molar-refractivity contribution in [1.82, 2.24) is 14.9 Å². The van der Waals surface area contributed by atoms with Crippen LogP contribution in [-0.2, 0) is 19.5 Å². The lowest BCUT2D eigenvalue weighted by Crippen LogP contribution is -2.40. The molecule has 0 atom stereocenters. The van der Waals surface area contributed by atoms with Crippen LogP contribution in [0.5, 0.6) is 0 Å². The first kappa shape index (κ1) is 22.1. The summed E-state index contributed by atoms with van der Waals surface area (Å²) in [5, 5.41) is 6.36. The fourth-order valence-electron chi connectivity index (χ4n) is 1.87. The van der Waals surface area contributed by atoms with E-state index in [4.69, 9.17) is 9.47 Å². The minimum Gasteiger partial charge on any atom is -0.382 e. The van der Waals surface area contributed by atoms with Crippen LogP contribution < -0.4 is 10.6 Å². The summed E-state index contributed by atoms with van der Waals surface area (Å²) in [4.78, 5) is 4.12. The van der Waals surface area contributed by atoms with Crippen molar-refractivity contribution in [2.45, 2.75) is 19.8 Å². The molecule has 0 fully saturated rings. The van der Waals surface area contributed by atoms with Crippen molar-refractivity contribution in [3.63, 3.8) is 0 Å². The molecular weight excluding hydrogens is 320 g/mol. The molecule has 0 saturated heterocycles. The quantitative estimate of drug-likeness (QED) is 0.273. The first-order valence-corrected chi connectivity index (χ1v) is 9.76. The first-order chi connectivity index (χ1) is 11.0. The van der Waals surface area contributed by atoms with E-state index >= 15 is 0 Å². The van der Waals surface area contributed by atoms with Gasteiger partial charge in [-0.05, 0) is 12.8 Å². The molecule has 0 aromatic rings. The van der Waals surface area contributed by atoms with Crippen LogP contribution in [0.15, 0.2) is 4.99 Å². The summed E-state index contributed by atoms with van der Waals surface area (Å²) in [6, 6.07) is 0. The van der Waals surface area contributed by atoms with Crippen LogP contribution in [0.25, 0.3) is 0 Å². The maximum Gasteiger partial charge on any atom is 0.211 e. The molecule has 0 rings (SSSR count). The molecule has 0 saturated carbocycles. The second-order valence-corrected chi connectivity index (χ2v) is 6.98. The van der Waals surface area contributed by atoms with Gasteiger partial charge in [0.1, 0.15) is 0 Å². The van der Waals surface area contributed by atoms with E-state index in [1.54, 1.807) is 14.2 Å². The Bertz CT molecular complexity index is 415. The lowest BCUT2D eigenvalue weighted by Gasteiger charge is -2.18. The number of methoxy groups -OCH3 is 1. The zero-order valence-electron chi connectivity index (χ0n) is 14.8. The Morgan fingerprint density at radius 1 is 1.13 bits per heavy atom. The zero-order valence-corrected chi connectivity index (χ0v) is 15.6. The minimum atomic E-state index is -3.11. The van der Waals surface area contributed by atoms with Gasteiger partial charge in [-0.15, -0.1) is 0 Å². The highest BCUT2D eigenvalue weighted by Gasteiger charge is 2.13. The number of guanidine groups is 1. The number of nitrogens with zero attached hydrogens (tertiary/aromatic N) is 2. The van der Waals surface area contributed by atoms with Crippen LogP contribution in [0.1, 0.15) is 19.8 Å². The van der Waals surface area contributed by atoms with Crippen molar-refractivity contribution in [2.75, 3.05) is 66.4 Å². The zero-order chi connectivity index (χ0) is 17.6. The number of rotatable bonds is 13. The summed E-state index contributed by atoms with van der Waals surface area (Å²) in [6.07, 6.45) is 2.84. The van der Waals surface area contributed by atoms with Gasteiger partial charge in [0.05, 0.1) is 19.5 Å². The number of hydrogen-bond donors (Lipinski definition) is 2. The molecule has 0 aliphatic heterocycles. The number of aliphatic imine (C=N–C) groups is 1. The Hall–Kier alpha value is -0.900. The van der Waals surface area contributed by atoms with E-state index in [-0.39, 0.29) is 0 Å². The predicted molar refractivity (Wildman–Crippen MR) is 93.4 cm³/mol. The van der Waals surface area contributed by atoms with Crippen molar-refractivity contribution in [1.29, 1.82) is 0 Å². The molecule has 23 heavy (non-hydrogen) atoms. The molecule has 0 amide bonds. The van der Waals surface area contributed by atoms with Gasteiger partial charge >= 0.3 is 0 Å². The monoisotopic (exact) mass is 352 g/mol. The highest BCUT2D eigenvalue weighted by atomic mass is 32.2. The van der Waals surface area contributed by atoms with E-state index in [0.717, 1.165) is 19.4 Å². The van der Waals surface area contributed by atoms with E-state index < -0.39 is 10.0 Å². The molecule has 0 bridgehead atoms. The van der Waals surface area contributed by atoms with Crippen molar-refractivity contribution in [2.24, 2.45) is 4.99 Å². The summed E-state index contributed by atoms with van der Waals surface area (Å²) in [5.74, 6) is 0.712. The van der Waals surface area contributed by atoms with Crippen LogP contribution in [0.2, 0.25) is 0 Å². The lowest BCUT2D eigenvalue weighted by atomic mass is 10.4. The van der Waals surface area contributed by atoms with E-state index in [2.05, 4.69) is 15.6 Å². The van der Waals surface area contributed by atoms with Crippen LogP contribution in [0.3, 0.4) is 0 Å². The van der Waals surface area contributed by atoms with Gasteiger partial charge in [0.25, 0.3) is 0 Å². The maximum atomic E-state index is 11.5. The van der Waals surface area contributed by atoms with Crippen molar-refractivity contribution in [3.8, 4) is 0 Å². The molecule has 9 heteroatoms. The average molecular weight is 353 g/mol. The van der Waals surface area contributed by atoms with Crippen molar-refractivity contribution in [3.05, 3.63) is 0 Å². The minimum absolute atomic E-state index is 0.495. The molecule has 0 aromatic carbocycles. The second-order valence-electron chi connectivity index (χ2n) is 4.99. The SMILES string of the molecule is CCN(CCCNC(=NC)NCCCOCCOC)S(C)(=O)=O.